The van der Waals surface area contributed by atoms with E-state index in [1.165, 1.54) is 5.56 Å². The molecule has 6 nitrogen and oxygen atoms in total. The normalized spacial score (nSPS) is 10.9. The second-order valence-electron chi connectivity index (χ2n) is 7.20. The van der Waals surface area contributed by atoms with Gasteiger partial charge in [-0.15, -0.1) is 0 Å². The maximum Gasteiger partial charge on any atom is 0.252 e. The highest BCUT2D eigenvalue weighted by atomic mass is 16.5. The van der Waals surface area contributed by atoms with Crippen LogP contribution in [0.3, 0.4) is 0 Å². The lowest BCUT2D eigenvalue weighted by Gasteiger charge is -2.09. The van der Waals surface area contributed by atoms with Gasteiger partial charge in [0.25, 0.3) is 5.91 Å². The third kappa shape index (κ3) is 3.89. The summed E-state index contributed by atoms with van der Waals surface area (Å²) < 4.78 is 7.01. The Bertz CT molecular complexity index is 1180. The number of carbonyl (C=O) groups excluding carboxylic acids is 1. The van der Waals surface area contributed by atoms with Gasteiger partial charge < -0.3 is 10.1 Å². The minimum atomic E-state index is -0.112. The van der Waals surface area contributed by atoms with Crippen molar-refractivity contribution in [3.63, 3.8) is 0 Å². The van der Waals surface area contributed by atoms with E-state index in [2.05, 4.69) is 27.5 Å². The number of rotatable bonds is 6. The summed E-state index contributed by atoms with van der Waals surface area (Å²) in [4.78, 5) is 17.7. The molecule has 0 fully saturated rings. The summed E-state index contributed by atoms with van der Waals surface area (Å²) in [6.07, 6.45) is 0.782. The van der Waals surface area contributed by atoms with Crippen molar-refractivity contribution >= 4 is 16.9 Å². The quantitative estimate of drug-likeness (QED) is 0.531. The van der Waals surface area contributed by atoms with Crippen LogP contribution in [-0.4, -0.2) is 34.3 Å². The van der Waals surface area contributed by atoms with Crippen LogP contribution in [0.2, 0.25) is 0 Å². The Hall–Kier alpha value is -3.67. The molecule has 4 aromatic rings. The summed E-state index contributed by atoms with van der Waals surface area (Å²) in [5.41, 5.74) is 4.86. The predicted molar refractivity (Wildman–Crippen MR) is 117 cm³/mol. The summed E-state index contributed by atoms with van der Waals surface area (Å²) in [6.45, 7) is 4.36. The van der Waals surface area contributed by atoms with E-state index in [4.69, 9.17) is 4.74 Å². The molecule has 6 heteroatoms. The van der Waals surface area contributed by atoms with Crippen LogP contribution in [0.4, 0.5) is 0 Å². The Morgan fingerprint density at radius 1 is 1.07 bits per heavy atom. The molecule has 0 saturated heterocycles. The third-order valence-corrected chi connectivity index (χ3v) is 5.04. The fourth-order valence-corrected chi connectivity index (χ4v) is 3.56. The fourth-order valence-electron chi connectivity index (χ4n) is 3.56. The number of hydrogen-bond acceptors (Lipinski definition) is 4. The van der Waals surface area contributed by atoms with Gasteiger partial charge in [0.1, 0.15) is 5.75 Å². The average molecular weight is 400 g/mol. The number of nitrogens with zero attached hydrogens (tertiary/aromatic N) is 3. The van der Waals surface area contributed by atoms with E-state index in [1.807, 2.05) is 62.4 Å². The molecule has 30 heavy (non-hydrogen) atoms. The van der Waals surface area contributed by atoms with Crippen LogP contribution in [0.1, 0.15) is 27.3 Å². The number of ether oxygens (including phenoxy) is 1. The van der Waals surface area contributed by atoms with E-state index >= 15 is 0 Å². The van der Waals surface area contributed by atoms with Crippen molar-refractivity contribution < 1.29 is 9.53 Å². The van der Waals surface area contributed by atoms with Crippen molar-refractivity contribution in [1.29, 1.82) is 0 Å². The first-order chi connectivity index (χ1) is 14.6. The smallest absolute Gasteiger partial charge is 0.252 e. The molecule has 0 unspecified atom stereocenters. The number of carbonyl (C=O) groups is 1. The average Bonchev–Trinajstić information content (AvgIpc) is 3.10. The SMILES string of the molecule is COc1ccc(-n2nc(C)c3c(C(=O)NCCc4ccccc4)cc(C)nc32)cc1. The van der Waals surface area contributed by atoms with E-state index in [0.717, 1.165) is 34.6 Å². The maximum atomic E-state index is 13.0. The zero-order chi connectivity index (χ0) is 21.1. The van der Waals surface area contributed by atoms with Crippen molar-refractivity contribution in [2.45, 2.75) is 20.3 Å². The number of aromatic nitrogens is 3. The highest BCUT2D eigenvalue weighted by Crippen LogP contribution is 2.25. The van der Waals surface area contributed by atoms with E-state index in [-0.39, 0.29) is 5.91 Å². The van der Waals surface area contributed by atoms with Gasteiger partial charge >= 0.3 is 0 Å². The lowest BCUT2D eigenvalue weighted by molar-refractivity contribution is 0.0955. The molecule has 1 N–H and O–H groups in total. The van der Waals surface area contributed by atoms with Gasteiger partial charge in [0, 0.05) is 12.2 Å². The molecule has 1 amide bonds. The lowest BCUT2D eigenvalue weighted by Crippen LogP contribution is -2.26. The van der Waals surface area contributed by atoms with Crippen LogP contribution in [0.15, 0.2) is 60.7 Å². The molecule has 2 aromatic carbocycles. The Labute approximate surface area is 175 Å². The fraction of sp³-hybridized carbons (Fsp3) is 0.208. The number of benzene rings is 2. The van der Waals surface area contributed by atoms with E-state index < -0.39 is 0 Å². The second-order valence-corrected chi connectivity index (χ2v) is 7.20. The Kier molecular flexibility index (Phi) is 5.48. The van der Waals surface area contributed by atoms with Gasteiger partial charge in [-0.25, -0.2) is 9.67 Å². The molecule has 0 bridgehead atoms. The monoisotopic (exact) mass is 400 g/mol. The van der Waals surface area contributed by atoms with Crippen LogP contribution < -0.4 is 10.1 Å². The first-order valence-electron chi connectivity index (χ1n) is 9.90. The van der Waals surface area contributed by atoms with Gasteiger partial charge in [-0.1, -0.05) is 30.3 Å². The number of hydrogen-bond donors (Lipinski definition) is 1. The second kappa shape index (κ2) is 8.37. The topological polar surface area (TPSA) is 69.0 Å². The largest absolute Gasteiger partial charge is 0.497 e. The molecule has 0 aliphatic rings. The number of methoxy groups -OCH3 is 1. The molecule has 2 aromatic heterocycles. The zero-order valence-electron chi connectivity index (χ0n) is 17.3. The summed E-state index contributed by atoms with van der Waals surface area (Å²) >= 11 is 0. The van der Waals surface area contributed by atoms with Crippen LogP contribution in [0.25, 0.3) is 16.7 Å². The molecule has 4 rings (SSSR count). The van der Waals surface area contributed by atoms with Gasteiger partial charge in [-0.2, -0.15) is 5.10 Å². The molecule has 0 atom stereocenters. The van der Waals surface area contributed by atoms with Crippen LogP contribution in [0, 0.1) is 13.8 Å². The first kappa shape index (κ1) is 19.6. The van der Waals surface area contributed by atoms with Crippen molar-refractivity contribution in [3.05, 3.63) is 83.2 Å². The molecular formula is C24H24N4O2. The van der Waals surface area contributed by atoms with E-state index in [0.29, 0.717) is 17.8 Å². The predicted octanol–water partition coefficient (Wildman–Crippen LogP) is 4.02. The van der Waals surface area contributed by atoms with Crippen LogP contribution in [-0.2, 0) is 6.42 Å². The van der Waals surface area contributed by atoms with E-state index in [1.54, 1.807) is 11.8 Å². The summed E-state index contributed by atoms with van der Waals surface area (Å²) in [5, 5.41) is 8.47. The van der Waals surface area contributed by atoms with Gasteiger partial charge in [-0.3, -0.25) is 4.79 Å². The summed E-state index contributed by atoms with van der Waals surface area (Å²) in [5.74, 6) is 0.661. The third-order valence-electron chi connectivity index (χ3n) is 5.04. The first-order valence-corrected chi connectivity index (χ1v) is 9.90. The molecular weight excluding hydrogens is 376 g/mol. The van der Waals surface area contributed by atoms with E-state index in [9.17, 15) is 4.79 Å². The Morgan fingerprint density at radius 3 is 2.50 bits per heavy atom. The molecule has 0 aliphatic heterocycles. The number of fused-ring (bicyclic) bond motifs is 1. The van der Waals surface area contributed by atoms with Crippen molar-refractivity contribution in [1.82, 2.24) is 20.1 Å². The number of nitrogens with one attached hydrogen (secondary N) is 1. The zero-order valence-corrected chi connectivity index (χ0v) is 17.3. The minimum absolute atomic E-state index is 0.112. The standard InChI is InChI=1S/C24H24N4O2/c1-16-15-21(24(29)25-14-13-18-7-5-4-6-8-18)22-17(2)27-28(23(22)26-16)19-9-11-20(30-3)12-10-19/h4-12,15H,13-14H2,1-3H3,(H,25,29). The van der Waals surface area contributed by atoms with Gasteiger partial charge in [0.2, 0.25) is 0 Å². The number of aryl methyl sites for hydroxylation is 2. The van der Waals surface area contributed by atoms with Gasteiger partial charge in [-0.05, 0) is 56.2 Å². The number of pyridine rings is 1. The van der Waals surface area contributed by atoms with Crippen molar-refractivity contribution in [2.24, 2.45) is 0 Å². The summed E-state index contributed by atoms with van der Waals surface area (Å²) in [7, 11) is 1.63. The van der Waals surface area contributed by atoms with Gasteiger partial charge in [0.05, 0.1) is 29.4 Å². The molecule has 0 radical (unpaired) electrons. The molecule has 0 spiro atoms. The highest BCUT2D eigenvalue weighted by molar-refractivity contribution is 6.06. The lowest BCUT2D eigenvalue weighted by atomic mass is 10.1. The Morgan fingerprint density at radius 2 is 1.80 bits per heavy atom. The highest BCUT2D eigenvalue weighted by Gasteiger charge is 2.19. The van der Waals surface area contributed by atoms with Crippen LogP contribution in [0.5, 0.6) is 5.75 Å². The van der Waals surface area contributed by atoms with Gasteiger partial charge in [0.15, 0.2) is 5.65 Å². The number of amides is 1. The summed E-state index contributed by atoms with van der Waals surface area (Å²) in [6, 6.07) is 19.6. The van der Waals surface area contributed by atoms with Crippen molar-refractivity contribution in [2.75, 3.05) is 13.7 Å². The van der Waals surface area contributed by atoms with Crippen molar-refractivity contribution in [3.8, 4) is 11.4 Å². The molecule has 152 valence electrons. The minimum Gasteiger partial charge on any atom is -0.497 e. The maximum absolute atomic E-state index is 13.0. The molecule has 0 saturated carbocycles. The van der Waals surface area contributed by atoms with Crippen LogP contribution >= 0.6 is 0 Å². The Balaban J connectivity index is 1.65. The molecule has 2 heterocycles. The molecule has 0 aliphatic carbocycles.